The van der Waals surface area contributed by atoms with Crippen molar-refractivity contribution in [3.8, 4) is 22.9 Å². The highest BCUT2D eigenvalue weighted by atomic mass is 19.4. The zero-order chi connectivity index (χ0) is 21.0. The Morgan fingerprint density at radius 3 is 2.38 bits per heavy atom. The van der Waals surface area contributed by atoms with Crippen molar-refractivity contribution in [2.45, 2.75) is 12.7 Å². The van der Waals surface area contributed by atoms with Crippen molar-refractivity contribution >= 4 is 5.91 Å². The van der Waals surface area contributed by atoms with Crippen LogP contribution in [0.2, 0.25) is 0 Å². The second-order valence-electron chi connectivity index (χ2n) is 6.26. The van der Waals surface area contributed by atoms with E-state index in [-0.39, 0.29) is 23.4 Å². The van der Waals surface area contributed by atoms with Crippen LogP contribution in [0.15, 0.2) is 66.7 Å². The Balaban J connectivity index is 1.76. The van der Waals surface area contributed by atoms with Gasteiger partial charge in [-0.05, 0) is 53.1 Å². The van der Waals surface area contributed by atoms with E-state index in [2.05, 4.69) is 11.4 Å². The van der Waals surface area contributed by atoms with Crippen molar-refractivity contribution in [3.63, 3.8) is 0 Å². The van der Waals surface area contributed by atoms with Gasteiger partial charge in [0.05, 0.1) is 17.2 Å². The summed E-state index contributed by atoms with van der Waals surface area (Å²) in [4.78, 5) is 12.3. The number of phenolic OH excluding ortho intramolecular Hbond substituents is 1. The number of alkyl halides is 3. The van der Waals surface area contributed by atoms with Crippen molar-refractivity contribution in [2.75, 3.05) is 0 Å². The lowest BCUT2D eigenvalue weighted by molar-refractivity contribution is -0.138. The summed E-state index contributed by atoms with van der Waals surface area (Å²) in [6.07, 6.45) is -4.59. The number of amides is 1. The van der Waals surface area contributed by atoms with Crippen LogP contribution >= 0.6 is 0 Å². The highest BCUT2D eigenvalue weighted by Gasteiger charge is 2.33. The molecule has 3 rings (SSSR count). The quantitative estimate of drug-likeness (QED) is 0.660. The van der Waals surface area contributed by atoms with Crippen LogP contribution in [0.3, 0.4) is 0 Å². The minimum atomic E-state index is -4.59. The topological polar surface area (TPSA) is 73.1 Å². The average Bonchev–Trinajstić information content (AvgIpc) is 2.71. The van der Waals surface area contributed by atoms with Crippen molar-refractivity contribution in [2.24, 2.45) is 0 Å². The van der Waals surface area contributed by atoms with Gasteiger partial charge < -0.3 is 10.4 Å². The fraction of sp³-hybridized carbons (Fsp3) is 0.0909. The number of hydrogen-bond donors (Lipinski definition) is 2. The van der Waals surface area contributed by atoms with Gasteiger partial charge >= 0.3 is 6.18 Å². The second-order valence-corrected chi connectivity index (χ2v) is 6.26. The van der Waals surface area contributed by atoms with Gasteiger partial charge in [-0.3, -0.25) is 4.79 Å². The number of nitriles is 1. The molecule has 0 heterocycles. The summed E-state index contributed by atoms with van der Waals surface area (Å²) in [6.45, 7) is -0.388. The number of halogens is 3. The van der Waals surface area contributed by atoms with Crippen molar-refractivity contribution in [1.29, 1.82) is 5.26 Å². The summed E-state index contributed by atoms with van der Waals surface area (Å²) in [7, 11) is 0. The van der Waals surface area contributed by atoms with Crippen LogP contribution < -0.4 is 5.32 Å². The minimum absolute atomic E-state index is 0.231. The molecule has 0 aromatic heterocycles. The van der Waals surface area contributed by atoms with Gasteiger partial charge in [0, 0.05) is 12.1 Å². The number of carbonyl (C=O) groups excluding carboxylic acids is 1. The molecule has 0 spiro atoms. The number of nitrogens with one attached hydrogen (secondary N) is 1. The number of carbonyl (C=O) groups is 1. The van der Waals surface area contributed by atoms with E-state index in [0.717, 1.165) is 29.3 Å². The Morgan fingerprint density at radius 1 is 1.03 bits per heavy atom. The molecule has 0 aliphatic rings. The Bertz CT molecular complexity index is 1080. The Kier molecular flexibility index (Phi) is 5.55. The van der Waals surface area contributed by atoms with Gasteiger partial charge in [-0.15, -0.1) is 0 Å². The molecular weight excluding hydrogens is 381 g/mol. The normalized spacial score (nSPS) is 11.0. The molecule has 1 amide bonds. The van der Waals surface area contributed by atoms with E-state index in [9.17, 15) is 28.3 Å². The number of rotatable bonds is 4. The Morgan fingerprint density at radius 2 is 1.72 bits per heavy atom. The number of phenols is 1. The molecule has 0 aliphatic heterocycles. The lowest BCUT2D eigenvalue weighted by Gasteiger charge is -2.14. The highest BCUT2D eigenvalue weighted by Crippen LogP contribution is 2.33. The molecule has 0 atom stereocenters. The Hall–Kier alpha value is -3.79. The molecule has 0 bridgehead atoms. The fourth-order valence-corrected chi connectivity index (χ4v) is 2.91. The molecule has 0 unspecified atom stereocenters. The third-order valence-corrected chi connectivity index (χ3v) is 4.34. The third-order valence-electron chi connectivity index (χ3n) is 4.34. The van der Waals surface area contributed by atoms with Gasteiger partial charge in [0.2, 0.25) is 0 Å². The van der Waals surface area contributed by atoms with Gasteiger partial charge in [0.1, 0.15) is 5.75 Å². The van der Waals surface area contributed by atoms with Gasteiger partial charge in [-0.25, -0.2) is 0 Å². The van der Waals surface area contributed by atoms with E-state index in [0.29, 0.717) is 5.56 Å². The second kappa shape index (κ2) is 8.07. The molecule has 146 valence electrons. The summed E-state index contributed by atoms with van der Waals surface area (Å²) in [5.74, 6) is -0.871. The maximum atomic E-state index is 13.1. The predicted molar refractivity (Wildman–Crippen MR) is 101 cm³/mol. The first-order valence-corrected chi connectivity index (χ1v) is 8.56. The van der Waals surface area contributed by atoms with Crippen LogP contribution in [-0.4, -0.2) is 11.0 Å². The van der Waals surface area contributed by atoms with Crippen molar-refractivity contribution < 1.29 is 23.1 Å². The van der Waals surface area contributed by atoms with Gasteiger partial charge in [0.25, 0.3) is 5.91 Å². The summed E-state index contributed by atoms with van der Waals surface area (Å²) in [6, 6.07) is 18.2. The number of nitrogens with zero attached hydrogens (tertiary/aromatic N) is 1. The largest absolute Gasteiger partial charge is 0.508 e. The lowest BCUT2D eigenvalue weighted by atomic mass is 9.99. The zero-order valence-electron chi connectivity index (χ0n) is 15.0. The molecule has 29 heavy (non-hydrogen) atoms. The fourth-order valence-electron chi connectivity index (χ4n) is 2.91. The molecule has 3 aromatic rings. The van der Waals surface area contributed by atoms with Gasteiger partial charge in [0.15, 0.2) is 0 Å². The first-order valence-electron chi connectivity index (χ1n) is 8.56. The van der Waals surface area contributed by atoms with Crippen LogP contribution in [-0.2, 0) is 12.7 Å². The molecule has 7 heteroatoms. The van der Waals surface area contributed by atoms with E-state index < -0.39 is 17.6 Å². The molecule has 0 saturated carbocycles. The maximum Gasteiger partial charge on any atom is 0.416 e. The number of aromatic hydroxyl groups is 1. The monoisotopic (exact) mass is 396 g/mol. The van der Waals surface area contributed by atoms with Gasteiger partial charge in [-0.1, -0.05) is 30.3 Å². The summed E-state index contributed by atoms with van der Waals surface area (Å²) in [5.41, 5.74) is 1.07. The first-order chi connectivity index (χ1) is 13.8. The molecular formula is C22H15F3N2O2. The molecule has 2 N–H and O–H groups in total. The molecule has 4 nitrogen and oxygen atoms in total. The van der Waals surface area contributed by atoms with Crippen LogP contribution in [0.4, 0.5) is 13.2 Å². The van der Waals surface area contributed by atoms with Crippen LogP contribution in [0.5, 0.6) is 5.75 Å². The van der Waals surface area contributed by atoms with Crippen LogP contribution in [0.1, 0.15) is 27.0 Å². The van der Waals surface area contributed by atoms with Crippen LogP contribution in [0.25, 0.3) is 11.1 Å². The zero-order valence-corrected chi connectivity index (χ0v) is 15.0. The Labute approximate surface area is 164 Å². The van der Waals surface area contributed by atoms with Crippen molar-refractivity contribution in [3.05, 3.63) is 89.0 Å². The van der Waals surface area contributed by atoms with E-state index in [1.54, 1.807) is 36.4 Å². The van der Waals surface area contributed by atoms with E-state index >= 15 is 0 Å². The van der Waals surface area contributed by atoms with Crippen molar-refractivity contribution in [1.82, 2.24) is 5.32 Å². The lowest BCUT2D eigenvalue weighted by Crippen LogP contribution is -2.24. The van der Waals surface area contributed by atoms with Gasteiger partial charge in [-0.2, -0.15) is 18.4 Å². The SMILES string of the molecule is N#Cc1ccccc1-c1ccc(C(=O)NCc2cc(O)ccc2C(F)(F)F)cc1. The molecule has 0 saturated heterocycles. The highest BCUT2D eigenvalue weighted by molar-refractivity contribution is 5.94. The van der Waals surface area contributed by atoms with E-state index in [4.69, 9.17) is 0 Å². The third kappa shape index (κ3) is 4.55. The molecule has 0 aliphatic carbocycles. The molecule has 0 radical (unpaired) electrons. The summed E-state index contributed by atoms with van der Waals surface area (Å²) >= 11 is 0. The summed E-state index contributed by atoms with van der Waals surface area (Å²) < 4.78 is 39.2. The first kappa shape index (κ1) is 20.0. The average molecular weight is 396 g/mol. The van der Waals surface area contributed by atoms with Crippen LogP contribution in [0, 0.1) is 11.3 Å². The number of hydrogen-bond acceptors (Lipinski definition) is 3. The standard InChI is InChI=1S/C22H15F3N2O2/c23-22(24,25)20-10-9-18(28)11-17(20)13-27-21(29)15-7-5-14(6-8-15)19-4-2-1-3-16(19)12-26/h1-11,28H,13H2,(H,27,29). The van der Waals surface area contributed by atoms with E-state index in [1.807, 2.05) is 0 Å². The molecule has 3 aromatic carbocycles. The summed E-state index contributed by atoms with van der Waals surface area (Å²) in [5, 5.41) is 21.1. The number of benzene rings is 3. The smallest absolute Gasteiger partial charge is 0.416 e. The minimum Gasteiger partial charge on any atom is -0.508 e. The predicted octanol–water partition coefficient (Wildman–Crippen LogP) is 4.88. The maximum absolute atomic E-state index is 13.1. The van der Waals surface area contributed by atoms with E-state index in [1.165, 1.54) is 12.1 Å². The molecule has 0 fully saturated rings.